The summed E-state index contributed by atoms with van der Waals surface area (Å²) in [4.78, 5) is 4.44. The van der Waals surface area contributed by atoms with E-state index >= 15 is 0 Å². The van der Waals surface area contributed by atoms with Crippen LogP contribution in [0.15, 0.2) is 34.7 Å². The zero-order chi connectivity index (χ0) is 11.4. The molecule has 1 heterocycles. The molecule has 0 aliphatic heterocycles. The van der Waals surface area contributed by atoms with Crippen LogP contribution in [0.5, 0.6) is 0 Å². The average Bonchev–Trinajstić information content (AvgIpc) is 2.74. The third-order valence-electron chi connectivity index (χ3n) is 2.42. The molecule has 0 fully saturated rings. The number of alkyl halides is 1. The Kier molecular flexibility index (Phi) is 3.62. The number of benzene rings is 1. The standard InChI is InChI=1S/C13H14ClNO/c1-2-11-13(10-6-4-3-5-7-10)16-12(15-11)8-9-14/h3-7H,2,8-9H2,1H3. The van der Waals surface area contributed by atoms with Gasteiger partial charge in [-0.3, -0.25) is 0 Å². The zero-order valence-electron chi connectivity index (χ0n) is 9.24. The minimum Gasteiger partial charge on any atom is -0.440 e. The van der Waals surface area contributed by atoms with Gasteiger partial charge >= 0.3 is 0 Å². The molecule has 3 heteroatoms. The molecule has 2 nitrogen and oxygen atoms in total. The first-order valence-corrected chi connectivity index (χ1v) is 5.98. The third-order valence-corrected chi connectivity index (χ3v) is 2.61. The van der Waals surface area contributed by atoms with E-state index in [1.807, 2.05) is 30.3 Å². The molecule has 2 aromatic rings. The Hall–Kier alpha value is -1.28. The van der Waals surface area contributed by atoms with Crippen LogP contribution in [0, 0.1) is 0 Å². The fourth-order valence-electron chi connectivity index (χ4n) is 1.64. The van der Waals surface area contributed by atoms with Gasteiger partial charge in [0.1, 0.15) is 0 Å². The SMILES string of the molecule is CCc1nc(CCCl)oc1-c1ccccc1. The summed E-state index contributed by atoms with van der Waals surface area (Å²) in [7, 11) is 0. The van der Waals surface area contributed by atoms with Crippen LogP contribution in [0.2, 0.25) is 0 Å². The molecule has 1 aromatic heterocycles. The van der Waals surface area contributed by atoms with E-state index in [1.54, 1.807) is 0 Å². The summed E-state index contributed by atoms with van der Waals surface area (Å²) in [6.45, 7) is 2.08. The molecule has 2 rings (SSSR count). The summed E-state index contributed by atoms with van der Waals surface area (Å²) in [5.41, 5.74) is 2.08. The predicted molar refractivity (Wildman–Crippen MR) is 65.7 cm³/mol. The van der Waals surface area contributed by atoms with E-state index < -0.39 is 0 Å². The average molecular weight is 236 g/mol. The number of rotatable bonds is 4. The van der Waals surface area contributed by atoms with E-state index in [2.05, 4.69) is 11.9 Å². The Morgan fingerprint density at radius 2 is 2.00 bits per heavy atom. The summed E-state index contributed by atoms with van der Waals surface area (Å²) < 4.78 is 5.74. The molecule has 0 saturated heterocycles. The van der Waals surface area contributed by atoms with Gasteiger partial charge < -0.3 is 4.42 Å². The smallest absolute Gasteiger partial charge is 0.196 e. The number of hydrogen-bond acceptors (Lipinski definition) is 2. The van der Waals surface area contributed by atoms with Crippen LogP contribution in [0.3, 0.4) is 0 Å². The predicted octanol–water partition coefficient (Wildman–Crippen LogP) is 3.69. The van der Waals surface area contributed by atoms with Crippen LogP contribution in [0.25, 0.3) is 11.3 Å². The van der Waals surface area contributed by atoms with Crippen LogP contribution >= 0.6 is 11.6 Å². The summed E-state index contributed by atoms with van der Waals surface area (Å²) >= 11 is 5.69. The Morgan fingerprint density at radius 1 is 1.25 bits per heavy atom. The second-order valence-corrected chi connectivity index (χ2v) is 3.92. The Bertz CT molecular complexity index is 450. The van der Waals surface area contributed by atoms with Gasteiger partial charge in [0.15, 0.2) is 11.7 Å². The zero-order valence-corrected chi connectivity index (χ0v) is 10.00. The fourth-order valence-corrected chi connectivity index (χ4v) is 1.80. The molecule has 1 aromatic carbocycles. The lowest BCUT2D eigenvalue weighted by Crippen LogP contribution is -1.87. The molecule has 0 N–H and O–H groups in total. The van der Waals surface area contributed by atoms with Crippen molar-refractivity contribution in [1.82, 2.24) is 4.98 Å². The summed E-state index contributed by atoms with van der Waals surface area (Å²) in [5.74, 6) is 2.15. The minimum absolute atomic E-state index is 0.540. The van der Waals surface area contributed by atoms with Gasteiger partial charge in [-0.1, -0.05) is 37.3 Å². The van der Waals surface area contributed by atoms with Gasteiger partial charge in [0.2, 0.25) is 0 Å². The van der Waals surface area contributed by atoms with E-state index in [4.69, 9.17) is 16.0 Å². The van der Waals surface area contributed by atoms with Gasteiger partial charge in [-0.15, -0.1) is 11.6 Å². The van der Waals surface area contributed by atoms with Crippen molar-refractivity contribution in [1.29, 1.82) is 0 Å². The number of halogens is 1. The number of hydrogen-bond donors (Lipinski definition) is 0. The van der Waals surface area contributed by atoms with Crippen molar-refractivity contribution in [2.24, 2.45) is 0 Å². The number of oxazole rings is 1. The molecule has 0 radical (unpaired) electrons. The minimum atomic E-state index is 0.540. The van der Waals surface area contributed by atoms with Crippen molar-refractivity contribution in [3.63, 3.8) is 0 Å². The molecule has 0 bridgehead atoms. The second-order valence-electron chi connectivity index (χ2n) is 3.54. The van der Waals surface area contributed by atoms with Gasteiger partial charge in [0.05, 0.1) is 5.69 Å². The van der Waals surface area contributed by atoms with Crippen molar-refractivity contribution in [2.75, 3.05) is 5.88 Å². The topological polar surface area (TPSA) is 26.0 Å². The van der Waals surface area contributed by atoms with Crippen molar-refractivity contribution < 1.29 is 4.42 Å². The highest BCUT2D eigenvalue weighted by Gasteiger charge is 2.12. The molecular weight excluding hydrogens is 222 g/mol. The first kappa shape index (κ1) is 11.2. The van der Waals surface area contributed by atoms with E-state index in [1.165, 1.54) is 0 Å². The van der Waals surface area contributed by atoms with Gasteiger partial charge in [0.25, 0.3) is 0 Å². The fraction of sp³-hybridized carbons (Fsp3) is 0.308. The summed E-state index contributed by atoms with van der Waals surface area (Å²) in [6, 6.07) is 10.1. The maximum absolute atomic E-state index is 5.74. The van der Waals surface area contributed by atoms with Crippen LogP contribution < -0.4 is 0 Å². The lowest BCUT2D eigenvalue weighted by Gasteiger charge is -1.97. The first-order valence-electron chi connectivity index (χ1n) is 5.45. The third kappa shape index (κ3) is 2.27. The second kappa shape index (κ2) is 5.17. The monoisotopic (exact) mass is 235 g/mol. The normalized spacial score (nSPS) is 10.6. The Morgan fingerprint density at radius 3 is 2.62 bits per heavy atom. The quantitative estimate of drug-likeness (QED) is 0.756. The molecular formula is C13H14ClNO. The molecule has 16 heavy (non-hydrogen) atoms. The molecule has 0 atom stereocenters. The van der Waals surface area contributed by atoms with Gasteiger partial charge in [0, 0.05) is 17.9 Å². The molecule has 84 valence electrons. The van der Waals surface area contributed by atoms with Crippen LogP contribution in [-0.2, 0) is 12.8 Å². The maximum atomic E-state index is 5.74. The van der Waals surface area contributed by atoms with E-state index in [-0.39, 0.29) is 0 Å². The highest BCUT2D eigenvalue weighted by Crippen LogP contribution is 2.25. The summed E-state index contributed by atoms with van der Waals surface area (Å²) in [5, 5.41) is 0. The summed E-state index contributed by atoms with van der Waals surface area (Å²) in [6.07, 6.45) is 1.55. The van der Waals surface area contributed by atoms with Gasteiger partial charge in [-0.05, 0) is 6.42 Å². The number of aromatic nitrogens is 1. The molecule has 0 amide bonds. The van der Waals surface area contributed by atoms with Gasteiger partial charge in [-0.25, -0.2) is 4.98 Å². The largest absolute Gasteiger partial charge is 0.440 e. The van der Waals surface area contributed by atoms with E-state index in [0.29, 0.717) is 12.3 Å². The molecule has 0 spiro atoms. The molecule has 0 unspecified atom stereocenters. The highest BCUT2D eigenvalue weighted by molar-refractivity contribution is 6.17. The van der Waals surface area contributed by atoms with E-state index in [0.717, 1.165) is 29.3 Å². The van der Waals surface area contributed by atoms with Crippen molar-refractivity contribution in [3.8, 4) is 11.3 Å². The Labute approximate surface area is 100 Å². The molecule has 0 saturated carbocycles. The van der Waals surface area contributed by atoms with Crippen LogP contribution in [-0.4, -0.2) is 10.9 Å². The number of nitrogens with zero attached hydrogens (tertiary/aromatic N) is 1. The van der Waals surface area contributed by atoms with E-state index in [9.17, 15) is 0 Å². The van der Waals surface area contributed by atoms with Gasteiger partial charge in [-0.2, -0.15) is 0 Å². The Balaban J connectivity index is 2.39. The van der Waals surface area contributed by atoms with Crippen LogP contribution in [0.4, 0.5) is 0 Å². The molecule has 0 aliphatic rings. The van der Waals surface area contributed by atoms with Crippen molar-refractivity contribution >= 4 is 11.6 Å². The van der Waals surface area contributed by atoms with Crippen LogP contribution in [0.1, 0.15) is 18.5 Å². The number of aryl methyl sites for hydroxylation is 2. The highest BCUT2D eigenvalue weighted by atomic mass is 35.5. The lowest BCUT2D eigenvalue weighted by molar-refractivity contribution is 0.514. The molecule has 0 aliphatic carbocycles. The van der Waals surface area contributed by atoms with Crippen molar-refractivity contribution in [2.45, 2.75) is 19.8 Å². The van der Waals surface area contributed by atoms with Crippen molar-refractivity contribution in [3.05, 3.63) is 41.9 Å². The lowest BCUT2D eigenvalue weighted by atomic mass is 10.1. The first-order chi connectivity index (χ1) is 7.85. The maximum Gasteiger partial charge on any atom is 0.196 e.